The van der Waals surface area contributed by atoms with Gasteiger partial charge in [-0.05, 0) is 5.92 Å². The van der Waals surface area contributed by atoms with Crippen molar-refractivity contribution in [3.05, 3.63) is 0 Å². The highest BCUT2D eigenvalue weighted by Gasteiger charge is 2.27. The fraction of sp³-hybridized carbons (Fsp3) is 1.00. The zero-order chi connectivity index (χ0) is 10.1. The molecule has 4 nitrogen and oxygen atoms in total. The molecule has 78 valence electrons. The van der Waals surface area contributed by atoms with Crippen LogP contribution < -0.4 is 0 Å². The van der Waals surface area contributed by atoms with Crippen LogP contribution in [0.5, 0.6) is 0 Å². The Balaban J connectivity index is 2.62. The Hall–Kier alpha value is -0.130. The summed E-state index contributed by atoms with van der Waals surface area (Å²) < 4.78 is 29.4. The third kappa shape index (κ3) is 2.93. The molecule has 1 heterocycles. The number of rotatable bonds is 2. The first-order valence-corrected chi connectivity index (χ1v) is 6.33. The summed E-state index contributed by atoms with van der Waals surface area (Å²) in [6.07, 6.45) is 1.29. The smallest absolute Gasteiger partial charge is 0.211 e. The van der Waals surface area contributed by atoms with E-state index in [1.807, 2.05) is 13.8 Å². The topological polar surface area (TPSA) is 46.6 Å². The predicted molar refractivity (Wildman–Crippen MR) is 51.0 cm³/mol. The minimum atomic E-state index is -3.04. The second kappa shape index (κ2) is 3.94. The second-order valence-corrected chi connectivity index (χ2v) is 5.76. The van der Waals surface area contributed by atoms with Crippen molar-refractivity contribution in [2.24, 2.45) is 5.92 Å². The molecule has 0 aromatic carbocycles. The lowest BCUT2D eigenvalue weighted by molar-refractivity contribution is -0.0261. The van der Waals surface area contributed by atoms with Crippen molar-refractivity contribution in [2.75, 3.05) is 26.0 Å². The standard InChI is InChI=1S/C8H17NO3S/c1-7(2)8-6-9(4-5-12-8)13(3,10)11/h7-8H,4-6H2,1-3H3. The first-order chi connectivity index (χ1) is 5.91. The summed E-state index contributed by atoms with van der Waals surface area (Å²) in [5, 5.41) is 0. The lowest BCUT2D eigenvalue weighted by Crippen LogP contribution is -2.46. The molecule has 13 heavy (non-hydrogen) atoms. The van der Waals surface area contributed by atoms with Gasteiger partial charge < -0.3 is 4.74 Å². The van der Waals surface area contributed by atoms with Crippen molar-refractivity contribution in [1.29, 1.82) is 0 Å². The van der Waals surface area contributed by atoms with Crippen molar-refractivity contribution >= 4 is 10.0 Å². The molecule has 1 unspecified atom stereocenters. The molecule has 1 atom stereocenters. The summed E-state index contributed by atoms with van der Waals surface area (Å²) in [4.78, 5) is 0. The van der Waals surface area contributed by atoms with Crippen LogP contribution in [0.15, 0.2) is 0 Å². The van der Waals surface area contributed by atoms with E-state index in [2.05, 4.69) is 0 Å². The lowest BCUT2D eigenvalue weighted by atomic mass is 10.1. The molecule has 1 saturated heterocycles. The molecular formula is C8H17NO3S. The van der Waals surface area contributed by atoms with Crippen molar-refractivity contribution in [3.63, 3.8) is 0 Å². The molecular weight excluding hydrogens is 190 g/mol. The molecule has 0 amide bonds. The molecule has 0 saturated carbocycles. The quantitative estimate of drug-likeness (QED) is 0.654. The number of morpholine rings is 1. The van der Waals surface area contributed by atoms with E-state index in [4.69, 9.17) is 4.74 Å². The zero-order valence-corrected chi connectivity index (χ0v) is 9.17. The van der Waals surface area contributed by atoms with Crippen molar-refractivity contribution in [1.82, 2.24) is 4.31 Å². The monoisotopic (exact) mass is 207 g/mol. The number of ether oxygens (including phenoxy) is 1. The summed E-state index contributed by atoms with van der Waals surface area (Å²) >= 11 is 0. The maximum absolute atomic E-state index is 11.2. The average molecular weight is 207 g/mol. The van der Waals surface area contributed by atoms with E-state index in [1.54, 1.807) is 0 Å². The Morgan fingerprint density at radius 3 is 2.54 bits per heavy atom. The molecule has 1 aliphatic rings. The summed E-state index contributed by atoms with van der Waals surface area (Å²) in [7, 11) is -3.04. The van der Waals surface area contributed by atoms with E-state index in [1.165, 1.54) is 10.6 Å². The van der Waals surface area contributed by atoms with Crippen molar-refractivity contribution < 1.29 is 13.2 Å². The van der Waals surface area contributed by atoms with E-state index in [0.717, 1.165) is 0 Å². The molecule has 0 aromatic rings. The summed E-state index contributed by atoms with van der Waals surface area (Å²) in [6.45, 7) is 5.57. The Bertz CT molecular complexity index is 261. The van der Waals surface area contributed by atoms with Crippen LogP contribution in [0.25, 0.3) is 0 Å². The summed E-state index contributed by atoms with van der Waals surface area (Å²) in [5.74, 6) is 0.365. The first-order valence-electron chi connectivity index (χ1n) is 4.48. The van der Waals surface area contributed by atoms with Gasteiger partial charge in [0, 0.05) is 13.1 Å². The van der Waals surface area contributed by atoms with E-state index >= 15 is 0 Å². The number of nitrogens with zero attached hydrogens (tertiary/aromatic N) is 1. The molecule has 5 heteroatoms. The third-order valence-electron chi connectivity index (χ3n) is 2.27. The van der Waals surface area contributed by atoms with Gasteiger partial charge in [-0.25, -0.2) is 8.42 Å². The van der Waals surface area contributed by atoms with Gasteiger partial charge >= 0.3 is 0 Å². The Kier molecular flexibility index (Phi) is 3.32. The normalized spacial score (nSPS) is 26.6. The van der Waals surface area contributed by atoms with Gasteiger partial charge in [0.05, 0.1) is 19.0 Å². The number of hydrogen-bond donors (Lipinski definition) is 0. The highest BCUT2D eigenvalue weighted by Crippen LogP contribution is 2.15. The fourth-order valence-electron chi connectivity index (χ4n) is 1.36. The van der Waals surface area contributed by atoms with Crippen molar-refractivity contribution in [3.8, 4) is 0 Å². The highest BCUT2D eigenvalue weighted by molar-refractivity contribution is 7.88. The first kappa shape index (κ1) is 10.9. The molecule has 0 aromatic heterocycles. The third-order valence-corrected chi connectivity index (χ3v) is 3.54. The number of hydrogen-bond acceptors (Lipinski definition) is 3. The molecule has 0 N–H and O–H groups in total. The van der Waals surface area contributed by atoms with Gasteiger partial charge in [-0.2, -0.15) is 4.31 Å². The maximum Gasteiger partial charge on any atom is 0.211 e. The van der Waals surface area contributed by atoms with Gasteiger partial charge in [-0.1, -0.05) is 13.8 Å². The van der Waals surface area contributed by atoms with Gasteiger partial charge in [0.1, 0.15) is 0 Å². The lowest BCUT2D eigenvalue weighted by Gasteiger charge is -2.33. The molecule has 1 rings (SSSR count). The van der Waals surface area contributed by atoms with Crippen LogP contribution in [0.2, 0.25) is 0 Å². The minimum Gasteiger partial charge on any atom is -0.375 e. The van der Waals surface area contributed by atoms with Crippen LogP contribution in [0.3, 0.4) is 0 Å². The predicted octanol–water partition coefficient (Wildman–Crippen LogP) is 0.303. The van der Waals surface area contributed by atoms with Gasteiger partial charge in [0.2, 0.25) is 10.0 Å². The van der Waals surface area contributed by atoms with Crippen LogP contribution in [-0.4, -0.2) is 44.8 Å². The van der Waals surface area contributed by atoms with Gasteiger partial charge in [0.25, 0.3) is 0 Å². The van der Waals surface area contributed by atoms with Crippen molar-refractivity contribution in [2.45, 2.75) is 20.0 Å². The Morgan fingerprint density at radius 2 is 2.08 bits per heavy atom. The van der Waals surface area contributed by atoms with E-state index in [-0.39, 0.29) is 6.10 Å². The zero-order valence-electron chi connectivity index (χ0n) is 8.36. The number of sulfonamides is 1. The second-order valence-electron chi connectivity index (χ2n) is 3.77. The van der Waals surface area contributed by atoms with Crippen LogP contribution in [0, 0.1) is 5.92 Å². The molecule has 0 spiro atoms. The highest BCUT2D eigenvalue weighted by atomic mass is 32.2. The van der Waals surface area contributed by atoms with Gasteiger partial charge in [-0.3, -0.25) is 0 Å². The molecule has 0 aliphatic carbocycles. The van der Waals surface area contributed by atoms with Gasteiger partial charge in [0.15, 0.2) is 0 Å². The van der Waals surface area contributed by atoms with E-state index < -0.39 is 10.0 Å². The van der Waals surface area contributed by atoms with Crippen LogP contribution in [0.4, 0.5) is 0 Å². The summed E-state index contributed by atoms with van der Waals surface area (Å²) in [6, 6.07) is 0. The average Bonchev–Trinajstić information content (AvgIpc) is 2.03. The molecule has 0 bridgehead atoms. The van der Waals surface area contributed by atoms with Gasteiger partial charge in [-0.15, -0.1) is 0 Å². The molecule has 0 radical (unpaired) electrons. The van der Waals surface area contributed by atoms with Crippen LogP contribution in [0.1, 0.15) is 13.8 Å². The Morgan fingerprint density at radius 1 is 1.46 bits per heavy atom. The van der Waals surface area contributed by atoms with E-state index in [9.17, 15) is 8.42 Å². The fourth-order valence-corrected chi connectivity index (χ4v) is 2.18. The molecule has 1 fully saturated rings. The maximum atomic E-state index is 11.2. The Labute approximate surface area is 79.9 Å². The van der Waals surface area contributed by atoms with E-state index in [0.29, 0.717) is 25.6 Å². The van der Waals surface area contributed by atoms with Crippen LogP contribution >= 0.6 is 0 Å². The molecule has 1 aliphatic heterocycles. The van der Waals surface area contributed by atoms with Crippen LogP contribution in [-0.2, 0) is 14.8 Å². The largest absolute Gasteiger partial charge is 0.375 e. The minimum absolute atomic E-state index is 0.0449. The summed E-state index contributed by atoms with van der Waals surface area (Å²) in [5.41, 5.74) is 0. The SMILES string of the molecule is CC(C)C1CN(S(C)(=O)=O)CCO1.